The molecule has 2 N–H and O–H groups in total. The monoisotopic (exact) mass is 299 g/mol. The van der Waals surface area contributed by atoms with E-state index in [9.17, 15) is 4.79 Å². The summed E-state index contributed by atoms with van der Waals surface area (Å²) in [6.07, 6.45) is 10.1. The molecule has 1 aromatic carbocycles. The first kappa shape index (κ1) is 17.9. The summed E-state index contributed by atoms with van der Waals surface area (Å²) in [7, 11) is 0. The molecule has 0 aliphatic carbocycles. The summed E-state index contributed by atoms with van der Waals surface area (Å²) in [4.78, 5) is 11.1. The molecule has 0 spiro atoms. The Kier molecular flexibility index (Phi) is 8.61. The number of nitrogens with one attached hydrogen (secondary N) is 1. The van der Waals surface area contributed by atoms with E-state index >= 15 is 0 Å². The van der Waals surface area contributed by atoms with Gasteiger partial charge >= 0.3 is 0 Å². The molecule has 0 saturated carbocycles. The Morgan fingerprint density at radius 2 is 1.95 bits per heavy atom. The van der Waals surface area contributed by atoms with E-state index in [4.69, 9.17) is 5.21 Å². The van der Waals surface area contributed by atoms with E-state index in [-0.39, 0.29) is 6.42 Å². The molecule has 0 aromatic heterocycles. The van der Waals surface area contributed by atoms with Gasteiger partial charge in [-0.15, -0.1) is 0 Å². The van der Waals surface area contributed by atoms with E-state index in [1.807, 2.05) is 18.2 Å². The van der Waals surface area contributed by atoms with Gasteiger partial charge in [-0.25, -0.2) is 5.48 Å². The van der Waals surface area contributed by atoms with Crippen LogP contribution in [0.3, 0.4) is 0 Å². The lowest BCUT2D eigenvalue weighted by atomic mass is 10.0. The summed E-state index contributed by atoms with van der Waals surface area (Å²) in [6, 6.07) is 10.5. The Labute approximate surface area is 133 Å². The second-order valence-electron chi connectivity index (χ2n) is 5.36. The molecule has 0 saturated heterocycles. The third-order valence-corrected chi connectivity index (χ3v) is 3.46. The van der Waals surface area contributed by atoms with Crippen molar-refractivity contribution in [3.05, 3.63) is 71.8 Å². The van der Waals surface area contributed by atoms with Crippen molar-refractivity contribution in [1.82, 2.24) is 5.48 Å². The normalized spacial score (nSPS) is 12.1. The van der Waals surface area contributed by atoms with Gasteiger partial charge in [0.25, 0.3) is 0 Å². The van der Waals surface area contributed by atoms with E-state index in [1.165, 1.54) is 17.6 Å². The number of hydrogen-bond donors (Lipinski definition) is 2. The van der Waals surface area contributed by atoms with Gasteiger partial charge in [0.1, 0.15) is 0 Å². The molecule has 0 heterocycles. The highest BCUT2D eigenvalue weighted by atomic mass is 16.5. The number of hydroxylamine groups is 1. The number of carbonyl (C=O) groups excluding carboxylic acids is 1. The Hall–Kier alpha value is -2.13. The molecule has 1 rings (SSSR count). The van der Waals surface area contributed by atoms with Crippen LogP contribution in [0.4, 0.5) is 0 Å². The number of benzene rings is 1. The Morgan fingerprint density at radius 3 is 2.59 bits per heavy atom. The van der Waals surface area contributed by atoms with Gasteiger partial charge < -0.3 is 0 Å². The third kappa shape index (κ3) is 7.60. The SMILES string of the molecule is C=C/C(=C\C=C(/C)CCCCc1ccccc1)CC(=O)NO. The van der Waals surface area contributed by atoms with E-state index < -0.39 is 5.91 Å². The van der Waals surface area contributed by atoms with E-state index in [2.05, 4.69) is 37.8 Å². The lowest BCUT2D eigenvalue weighted by molar-refractivity contribution is -0.128. The first-order chi connectivity index (χ1) is 10.7. The molecule has 0 atom stereocenters. The van der Waals surface area contributed by atoms with Gasteiger partial charge in [-0.1, -0.05) is 60.7 Å². The van der Waals surface area contributed by atoms with Crippen molar-refractivity contribution in [2.45, 2.75) is 39.0 Å². The van der Waals surface area contributed by atoms with Gasteiger partial charge in [-0.3, -0.25) is 10.0 Å². The van der Waals surface area contributed by atoms with Crippen LogP contribution in [-0.4, -0.2) is 11.1 Å². The van der Waals surface area contributed by atoms with Crippen molar-refractivity contribution < 1.29 is 10.0 Å². The van der Waals surface area contributed by atoms with Gasteiger partial charge in [0.15, 0.2) is 0 Å². The number of rotatable bonds is 9. The summed E-state index contributed by atoms with van der Waals surface area (Å²) in [6.45, 7) is 5.77. The number of allylic oxidation sites excluding steroid dienone is 4. The van der Waals surface area contributed by atoms with Crippen LogP contribution in [0.2, 0.25) is 0 Å². The van der Waals surface area contributed by atoms with Crippen molar-refractivity contribution in [3.63, 3.8) is 0 Å². The molecule has 0 aliphatic heterocycles. The maximum Gasteiger partial charge on any atom is 0.247 e. The molecule has 3 nitrogen and oxygen atoms in total. The van der Waals surface area contributed by atoms with Gasteiger partial charge in [-0.05, 0) is 43.7 Å². The molecule has 0 radical (unpaired) electrons. The summed E-state index contributed by atoms with van der Waals surface area (Å²) in [5.41, 5.74) is 5.07. The minimum Gasteiger partial charge on any atom is -0.289 e. The topological polar surface area (TPSA) is 49.3 Å². The maximum atomic E-state index is 11.1. The largest absolute Gasteiger partial charge is 0.289 e. The third-order valence-electron chi connectivity index (χ3n) is 3.46. The van der Waals surface area contributed by atoms with Crippen molar-refractivity contribution in [2.24, 2.45) is 0 Å². The molecular weight excluding hydrogens is 274 g/mol. The van der Waals surface area contributed by atoms with Crippen LogP contribution in [0.1, 0.15) is 38.2 Å². The number of carbonyl (C=O) groups is 1. The number of amides is 1. The molecule has 1 aromatic rings. The molecule has 0 aliphatic rings. The number of unbranched alkanes of at least 4 members (excludes halogenated alkanes) is 1. The predicted octanol–water partition coefficient (Wildman–Crippen LogP) is 4.35. The summed E-state index contributed by atoms with van der Waals surface area (Å²) in [5.74, 6) is -0.430. The highest BCUT2D eigenvalue weighted by Crippen LogP contribution is 2.12. The van der Waals surface area contributed by atoms with Crippen molar-refractivity contribution >= 4 is 5.91 Å². The highest BCUT2D eigenvalue weighted by Gasteiger charge is 2.00. The minimum absolute atomic E-state index is 0.137. The van der Waals surface area contributed by atoms with E-state index in [0.29, 0.717) is 0 Å². The van der Waals surface area contributed by atoms with Gasteiger partial charge in [0, 0.05) is 0 Å². The molecule has 22 heavy (non-hydrogen) atoms. The van der Waals surface area contributed by atoms with Crippen LogP contribution in [0.25, 0.3) is 0 Å². The first-order valence-corrected chi connectivity index (χ1v) is 7.61. The average Bonchev–Trinajstić information content (AvgIpc) is 2.56. The lowest BCUT2D eigenvalue weighted by Crippen LogP contribution is -2.18. The first-order valence-electron chi connectivity index (χ1n) is 7.61. The molecule has 118 valence electrons. The Balaban J connectivity index is 2.35. The summed E-state index contributed by atoms with van der Waals surface area (Å²) < 4.78 is 0. The fourth-order valence-corrected chi connectivity index (χ4v) is 2.13. The number of aryl methyl sites for hydroxylation is 1. The quantitative estimate of drug-likeness (QED) is 0.308. The fraction of sp³-hybridized carbons (Fsp3) is 0.316. The zero-order valence-corrected chi connectivity index (χ0v) is 13.2. The molecule has 0 unspecified atom stereocenters. The summed E-state index contributed by atoms with van der Waals surface area (Å²) >= 11 is 0. The average molecular weight is 299 g/mol. The molecule has 0 fully saturated rings. The molecule has 3 heteroatoms. The zero-order valence-electron chi connectivity index (χ0n) is 13.2. The summed E-state index contributed by atoms with van der Waals surface area (Å²) in [5, 5.41) is 8.52. The van der Waals surface area contributed by atoms with Crippen LogP contribution in [0.15, 0.2) is 66.3 Å². The fourth-order valence-electron chi connectivity index (χ4n) is 2.13. The van der Waals surface area contributed by atoms with Gasteiger partial charge in [-0.2, -0.15) is 0 Å². The van der Waals surface area contributed by atoms with Gasteiger partial charge in [0.05, 0.1) is 6.42 Å². The standard InChI is InChI=1S/C19H25NO2/c1-3-17(15-19(21)20-22)14-13-16(2)9-7-8-12-18-10-5-4-6-11-18/h3-6,10-11,13-14,22H,1,7-9,12,15H2,2H3,(H,20,21)/b16-13+,17-14+. The van der Waals surface area contributed by atoms with Crippen LogP contribution < -0.4 is 5.48 Å². The Bertz CT molecular complexity index is 530. The second-order valence-corrected chi connectivity index (χ2v) is 5.36. The molecule has 0 bridgehead atoms. The van der Waals surface area contributed by atoms with Crippen LogP contribution in [0.5, 0.6) is 0 Å². The van der Waals surface area contributed by atoms with E-state index in [1.54, 1.807) is 11.6 Å². The van der Waals surface area contributed by atoms with Crippen molar-refractivity contribution in [3.8, 4) is 0 Å². The van der Waals surface area contributed by atoms with E-state index in [0.717, 1.165) is 24.8 Å². The second kappa shape index (κ2) is 10.6. The lowest BCUT2D eigenvalue weighted by Gasteiger charge is -2.03. The molecular formula is C19H25NO2. The van der Waals surface area contributed by atoms with Crippen LogP contribution >= 0.6 is 0 Å². The number of hydrogen-bond acceptors (Lipinski definition) is 2. The van der Waals surface area contributed by atoms with Crippen molar-refractivity contribution in [2.75, 3.05) is 0 Å². The van der Waals surface area contributed by atoms with Crippen molar-refractivity contribution in [1.29, 1.82) is 0 Å². The highest BCUT2D eigenvalue weighted by molar-refractivity contribution is 5.78. The van der Waals surface area contributed by atoms with Gasteiger partial charge in [0.2, 0.25) is 5.91 Å². The predicted molar refractivity (Wildman–Crippen MR) is 90.6 cm³/mol. The van der Waals surface area contributed by atoms with Crippen LogP contribution in [-0.2, 0) is 11.2 Å². The van der Waals surface area contributed by atoms with Crippen LogP contribution in [0, 0.1) is 0 Å². The minimum atomic E-state index is -0.430. The smallest absolute Gasteiger partial charge is 0.247 e. The Morgan fingerprint density at radius 1 is 1.23 bits per heavy atom. The molecule has 1 amide bonds. The maximum absolute atomic E-state index is 11.1. The zero-order chi connectivity index (χ0) is 16.2.